The van der Waals surface area contributed by atoms with E-state index in [9.17, 15) is 10.1 Å². The third-order valence-electron chi connectivity index (χ3n) is 1.91. The van der Waals surface area contributed by atoms with Gasteiger partial charge in [0, 0.05) is 6.54 Å². The van der Waals surface area contributed by atoms with Gasteiger partial charge in [0.2, 0.25) is 5.95 Å². The minimum atomic E-state index is -0.518. The lowest BCUT2D eigenvalue weighted by atomic mass is 10.4. The van der Waals surface area contributed by atoms with Gasteiger partial charge in [-0.25, -0.2) is 9.97 Å². The van der Waals surface area contributed by atoms with Crippen molar-refractivity contribution < 1.29 is 4.92 Å². The number of anilines is 1. The van der Waals surface area contributed by atoms with Gasteiger partial charge in [0.05, 0.1) is 4.92 Å². The average Bonchev–Trinajstić information content (AvgIpc) is 2.25. The van der Waals surface area contributed by atoms with Crippen LogP contribution >= 0.6 is 0 Å². The Bertz CT molecular complexity index is 338. The molecule has 0 saturated carbocycles. The fourth-order valence-corrected chi connectivity index (χ4v) is 1.10. The highest BCUT2D eigenvalue weighted by molar-refractivity contribution is 5.30. The lowest BCUT2D eigenvalue weighted by Gasteiger charge is -2.09. The molecule has 7 heteroatoms. The maximum atomic E-state index is 10.3. The van der Waals surface area contributed by atoms with Crippen LogP contribution in [0.3, 0.4) is 0 Å². The highest BCUT2D eigenvalue weighted by atomic mass is 16.6. The van der Waals surface area contributed by atoms with E-state index >= 15 is 0 Å². The van der Waals surface area contributed by atoms with E-state index in [1.807, 2.05) is 14.1 Å². The molecule has 0 unspecified atom stereocenters. The van der Waals surface area contributed by atoms with Crippen LogP contribution in [-0.2, 0) is 0 Å². The number of hydrogen-bond acceptors (Lipinski definition) is 6. The predicted octanol–water partition coefficient (Wildman–Crippen LogP) is 0.748. The van der Waals surface area contributed by atoms with Crippen molar-refractivity contribution in [1.29, 1.82) is 0 Å². The third kappa shape index (κ3) is 4.18. The summed E-state index contributed by atoms with van der Waals surface area (Å²) in [5.74, 6) is 0.421. The number of nitrogens with one attached hydrogen (secondary N) is 1. The Hall–Kier alpha value is -1.76. The number of aromatic nitrogens is 2. The summed E-state index contributed by atoms with van der Waals surface area (Å²) in [5, 5.41) is 13.3. The first-order valence-electron chi connectivity index (χ1n) is 4.94. The molecule has 1 aromatic heterocycles. The Morgan fingerprint density at radius 2 is 2.06 bits per heavy atom. The maximum Gasteiger partial charge on any atom is 0.305 e. The molecule has 0 bridgehead atoms. The molecule has 0 spiro atoms. The molecular formula is C9H15N5O2. The first-order valence-corrected chi connectivity index (χ1v) is 4.94. The highest BCUT2D eigenvalue weighted by Gasteiger charge is 2.05. The largest absolute Gasteiger partial charge is 0.354 e. The van der Waals surface area contributed by atoms with E-state index in [0.29, 0.717) is 5.95 Å². The first-order chi connectivity index (χ1) is 7.59. The molecule has 0 atom stereocenters. The van der Waals surface area contributed by atoms with Crippen molar-refractivity contribution in [3.63, 3.8) is 0 Å². The van der Waals surface area contributed by atoms with Gasteiger partial charge in [0.15, 0.2) is 0 Å². The molecule has 1 aromatic rings. The minimum absolute atomic E-state index is 0.0983. The van der Waals surface area contributed by atoms with Crippen molar-refractivity contribution in [3.8, 4) is 0 Å². The second kappa shape index (κ2) is 5.96. The van der Waals surface area contributed by atoms with E-state index in [1.165, 1.54) is 12.4 Å². The fraction of sp³-hybridized carbons (Fsp3) is 0.556. The Morgan fingerprint density at radius 3 is 2.56 bits per heavy atom. The van der Waals surface area contributed by atoms with Crippen molar-refractivity contribution in [3.05, 3.63) is 22.5 Å². The molecule has 0 aromatic carbocycles. The monoisotopic (exact) mass is 225 g/mol. The molecule has 0 saturated heterocycles. The van der Waals surface area contributed by atoms with E-state index in [2.05, 4.69) is 20.2 Å². The predicted molar refractivity (Wildman–Crippen MR) is 60.3 cm³/mol. The standard InChI is InChI=1S/C9H15N5O2/c1-13(2)5-3-4-10-9-11-6-8(7-12-9)14(15)16/h6-7H,3-5H2,1-2H3,(H,10,11,12). The Labute approximate surface area is 93.7 Å². The Balaban J connectivity index is 2.35. The van der Waals surface area contributed by atoms with E-state index in [0.717, 1.165) is 19.5 Å². The fourth-order valence-electron chi connectivity index (χ4n) is 1.10. The zero-order valence-corrected chi connectivity index (χ0v) is 9.38. The molecule has 0 radical (unpaired) electrons. The van der Waals surface area contributed by atoms with Gasteiger partial charge in [0.25, 0.3) is 0 Å². The summed E-state index contributed by atoms with van der Waals surface area (Å²) in [6.07, 6.45) is 3.36. The summed E-state index contributed by atoms with van der Waals surface area (Å²) in [7, 11) is 4.00. The lowest BCUT2D eigenvalue weighted by molar-refractivity contribution is -0.385. The van der Waals surface area contributed by atoms with Crippen molar-refractivity contribution in [2.75, 3.05) is 32.5 Å². The summed E-state index contributed by atoms with van der Waals surface area (Å²) in [6.45, 7) is 1.72. The van der Waals surface area contributed by atoms with Crippen molar-refractivity contribution >= 4 is 11.6 Å². The third-order valence-corrected chi connectivity index (χ3v) is 1.91. The van der Waals surface area contributed by atoms with Crippen LogP contribution in [-0.4, -0.2) is 47.0 Å². The zero-order chi connectivity index (χ0) is 12.0. The van der Waals surface area contributed by atoms with E-state index in [-0.39, 0.29) is 5.69 Å². The Morgan fingerprint density at radius 1 is 1.44 bits per heavy atom. The second-order valence-electron chi connectivity index (χ2n) is 3.61. The molecule has 0 aliphatic carbocycles. The smallest absolute Gasteiger partial charge is 0.305 e. The van der Waals surface area contributed by atoms with Gasteiger partial charge in [-0.1, -0.05) is 0 Å². The van der Waals surface area contributed by atoms with Crippen molar-refractivity contribution in [2.45, 2.75) is 6.42 Å². The number of nitro groups is 1. The summed E-state index contributed by atoms with van der Waals surface area (Å²) in [5.41, 5.74) is -0.0983. The number of nitrogens with zero attached hydrogens (tertiary/aromatic N) is 4. The normalized spacial score (nSPS) is 10.4. The van der Waals surface area contributed by atoms with Crippen LogP contribution in [0.5, 0.6) is 0 Å². The molecule has 0 fully saturated rings. The molecule has 16 heavy (non-hydrogen) atoms. The van der Waals surface area contributed by atoms with Crippen LogP contribution in [0.25, 0.3) is 0 Å². The van der Waals surface area contributed by atoms with Gasteiger partial charge in [-0.2, -0.15) is 0 Å². The summed E-state index contributed by atoms with van der Waals surface area (Å²) in [6, 6.07) is 0. The van der Waals surface area contributed by atoms with E-state index in [1.54, 1.807) is 0 Å². The van der Waals surface area contributed by atoms with Gasteiger partial charge in [-0.15, -0.1) is 0 Å². The molecule has 0 aliphatic rings. The summed E-state index contributed by atoms with van der Waals surface area (Å²) >= 11 is 0. The van der Waals surface area contributed by atoms with Crippen LogP contribution in [0, 0.1) is 10.1 Å². The van der Waals surface area contributed by atoms with Crippen LogP contribution in [0.4, 0.5) is 11.6 Å². The number of hydrogen-bond donors (Lipinski definition) is 1. The molecule has 1 N–H and O–H groups in total. The molecule has 1 rings (SSSR count). The molecular weight excluding hydrogens is 210 g/mol. The van der Waals surface area contributed by atoms with Gasteiger partial charge < -0.3 is 10.2 Å². The topological polar surface area (TPSA) is 84.2 Å². The van der Waals surface area contributed by atoms with E-state index < -0.39 is 4.92 Å². The zero-order valence-electron chi connectivity index (χ0n) is 9.38. The Kier molecular flexibility index (Phi) is 4.59. The average molecular weight is 225 g/mol. The van der Waals surface area contributed by atoms with Crippen LogP contribution < -0.4 is 5.32 Å². The SMILES string of the molecule is CN(C)CCCNc1ncc([N+](=O)[O-])cn1. The van der Waals surface area contributed by atoms with Crippen LogP contribution in [0.1, 0.15) is 6.42 Å². The van der Waals surface area contributed by atoms with Gasteiger partial charge >= 0.3 is 5.69 Å². The number of rotatable bonds is 6. The second-order valence-corrected chi connectivity index (χ2v) is 3.61. The van der Waals surface area contributed by atoms with Gasteiger partial charge in [-0.3, -0.25) is 10.1 Å². The minimum Gasteiger partial charge on any atom is -0.354 e. The molecule has 7 nitrogen and oxygen atoms in total. The van der Waals surface area contributed by atoms with E-state index in [4.69, 9.17) is 0 Å². The first kappa shape index (κ1) is 12.3. The molecule has 0 aliphatic heterocycles. The van der Waals surface area contributed by atoms with Crippen LogP contribution in [0.15, 0.2) is 12.4 Å². The molecule has 0 amide bonds. The highest BCUT2D eigenvalue weighted by Crippen LogP contribution is 2.07. The van der Waals surface area contributed by atoms with Crippen molar-refractivity contribution in [2.24, 2.45) is 0 Å². The summed E-state index contributed by atoms with van der Waals surface area (Å²) < 4.78 is 0. The van der Waals surface area contributed by atoms with Crippen LogP contribution in [0.2, 0.25) is 0 Å². The molecule has 88 valence electrons. The van der Waals surface area contributed by atoms with Gasteiger partial charge in [-0.05, 0) is 27.1 Å². The quantitative estimate of drug-likeness (QED) is 0.437. The summed E-state index contributed by atoms with van der Waals surface area (Å²) in [4.78, 5) is 19.6. The lowest BCUT2D eigenvalue weighted by Crippen LogP contribution is -2.17. The van der Waals surface area contributed by atoms with Gasteiger partial charge in [0.1, 0.15) is 12.4 Å². The van der Waals surface area contributed by atoms with Crippen molar-refractivity contribution in [1.82, 2.24) is 14.9 Å². The maximum absolute atomic E-state index is 10.3. The molecule has 1 heterocycles.